The highest BCUT2D eigenvalue weighted by Crippen LogP contribution is 2.33. The van der Waals surface area contributed by atoms with E-state index in [1.807, 2.05) is 29.7 Å². The van der Waals surface area contributed by atoms with E-state index in [-0.39, 0.29) is 30.1 Å². The zero-order chi connectivity index (χ0) is 23.8. The third-order valence-corrected chi connectivity index (χ3v) is 5.93. The molecular formula is C22H22N8O4. The molecular weight excluding hydrogens is 440 g/mol. The highest BCUT2D eigenvalue weighted by atomic mass is 16.4. The van der Waals surface area contributed by atoms with E-state index in [0.29, 0.717) is 36.3 Å². The van der Waals surface area contributed by atoms with Gasteiger partial charge in [0.05, 0.1) is 12.2 Å². The molecule has 1 aliphatic heterocycles. The van der Waals surface area contributed by atoms with Crippen molar-refractivity contribution in [2.24, 2.45) is 0 Å². The Balaban J connectivity index is 1.61. The average Bonchev–Trinajstić information content (AvgIpc) is 3.59. The predicted octanol–water partition coefficient (Wildman–Crippen LogP) is 2.44. The van der Waals surface area contributed by atoms with Gasteiger partial charge in [0.15, 0.2) is 17.3 Å². The Morgan fingerprint density at radius 2 is 2.18 bits per heavy atom. The number of anilines is 2. The fraction of sp³-hybridized carbons (Fsp3) is 0.273. The number of carboxylic acid groups (broad SMARTS) is 1. The van der Waals surface area contributed by atoms with Gasteiger partial charge in [0.25, 0.3) is 0 Å². The Morgan fingerprint density at radius 3 is 2.91 bits per heavy atom. The van der Waals surface area contributed by atoms with Gasteiger partial charge in [0.2, 0.25) is 12.3 Å². The number of nitrogens with two attached hydrogens (primary N) is 1. The maximum atomic E-state index is 12.1. The Hall–Kier alpha value is -4.48. The minimum absolute atomic E-state index is 0.00353. The molecule has 0 unspecified atom stereocenters. The number of nitrogens with zero attached hydrogens (tertiary/aromatic N) is 7. The molecule has 3 N–H and O–H groups in total. The quantitative estimate of drug-likeness (QED) is 0.411. The Labute approximate surface area is 193 Å². The number of carbonyl (C=O) groups excluding carboxylic acids is 1. The van der Waals surface area contributed by atoms with Crippen LogP contribution in [0.25, 0.3) is 28.5 Å². The zero-order valence-electron chi connectivity index (χ0n) is 18.3. The van der Waals surface area contributed by atoms with Crippen molar-refractivity contribution in [2.75, 3.05) is 23.7 Å². The topological polar surface area (TPSA) is 156 Å². The number of hydrogen-bond donors (Lipinski definition) is 2. The van der Waals surface area contributed by atoms with Gasteiger partial charge in [-0.05, 0) is 31.9 Å². The summed E-state index contributed by atoms with van der Waals surface area (Å²) in [5, 5.41) is 9.46. The molecule has 0 aliphatic carbocycles. The molecule has 1 saturated heterocycles. The SMILES string of the molecule is Cc1cnc2ccc(-c3nc(N(C=O)C[C@@H]4CCCN4C(=O)O)c(N)nc3-c3ncco3)cn12. The smallest absolute Gasteiger partial charge is 0.407 e. The second-order valence-corrected chi connectivity index (χ2v) is 8.04. The van der Waals surface area contributed by atoms with Crippen LogP contribution < -0.4 is 10.6 Å². The maximum Gasteiger partial charge on any atom is 0.407 e. The van der Waals surface area contributed by atoms with Crippen molar-refractivity contribution in [3.05, 3.63) is 42.7 Å². The minimum atomic E-state index is -1.02. The molecule has 0 radical (unpaired) electrons. The fourth-order valence-corrected chi connectivity index (χ4v) is 4.27. The van der Waals surface area contributed by atoms with E-state index in [9.17, 15) is 14.7 Å². The number of amides is 2. The Bertz CT molecular complexity index is 1370. The normalized spacial score (nSPS) is 15.7. The summed E-state index contributed by atoms with van der Waals surface area (Å²) in [5.41, 5.74) is 9.36. The van der Waals surface area contributed by atoms with Gasteiger partial charge in [-0.25, -0.2) is 24.7 Å². The van der Waals surface area contributed by atoms with Gasteiger partial charge in [-0.3, -0.25) is 9.69 Å². The molecule has 5 rings (SSSR count). The van der Waals surface area contributed by atoms with E-state index in [1.165, 1.54) is 22.3 Å². The number of aromatic nitrogens is 5. The van der Waals surface area contributed by atoms with Crippen molar-refractivity contribution in [3.63, 3.8) is 0 Å². The first-order valence-corrected chi connectivity index (χ1v) is 10.7. The summed E-state index contributed by atoms with van der Waals surface area (Å²) >= 11 is 0. The van der Waals surface area contributed by atoms with Crippen molar-refractivity contribution in [2.45, 2.75) is 25.8 Å². The minimum Gasteiger partial charge on any atom is -0.465 e. The van der Waals surface area contributed by atoms with Crippen molar-refractivity contribution in [1.82, 2.24) is 29.2 Å². The molecule has 1 fully saturated rings. The van der Waals surface area contributed by atoms with E-state index < -0.39 is 6.09 Å². The van der Waals surface area contributed by atoms with E-state index in [1.54, 1.807) is 6.20 Å². The van der Waals surface area contributed by atoms with Crippen molar-refractivity contribution in [3.8, 4) is 22.8 Å². The lowest BCUT2D eigenvalue weighted by Gasteiger charge is -2.27. The van der Waals surface area contributed by atoms with Crippen LogP contribution in [0.5, 0.6) is 0 Å². The van der Waals surface area contributed by atoms with Crippen LogP contribution in [0.15, 0.2) is 41.4 Å². The monoisotopic (exact) mass is 462 g/mol. The molecule has 34 heavy (non-hydrogen) atoms. The number of fused-ring (bicyclic) bond motifs is 1. The van der Waals surface area contributed by atoms with Crippen LogP contribution in [0.2, 0.25) is 0 Å². The lowest BCUT2D eigenvalue weighted by molar-refractivity contribution is -0.107. The maximum absolute atomic E-state index is 12.1. The summed E-state index contributed by atoms with van der Waals surface area (Å²) in [6.45, 7) is 2.47. The van der Waals surface area contributed by atoms with E-state index in [0.717, 1.165) is 17.8 Å². The molecule has 12 nitrogen and oxygen atoms in total. The molecule has 174 valence electrons. The largest absolute Gasteiger partial charge is 0.465 e. The molecule has 0 saturated carbocycles. The highest BCUT2D eigenvalue weighted by molar-refractivity contribution is 5.84. The van der Waals surface area contributed by atoms with Crippen LogP contribution in [0.4, 0.5) is 16.4 Å². The molecule has 5 heterocycles. The summed E-state index contributed by atoms with van der Waals surface area (Å²) in [7, 11) is 0. The van der Waals surface area contributed by atoms with Crippen LogP contribution in [-0.4, -0.2) is 66.0 Å². The fourth-order valence-electron chi connectivity index (χ4n) is 4.27. The summed E-state index contributed by atoms with van der Waals surface area (Å²) in [6, 6.07) is 3.33. The van der Waals surface area contributed by atoms with Crippen molar-refractivity contribution >= 4 is 29.8 Å². The predicted molar refractivity (Wildman–Crippen MR) is 122 cm³/mol. The molecule has 1 aliphatic rings. The number of likely N-dealkylation sites (tertiary alicyclic amines) is 1. The van der Waals surface area contributed by atoms with Crippen LogP contribution in [0, 0.1) is 6.92 Å². The van der Waals surface area contributed by atoms with Crippen LogP contribution >= 0.6 is 0 Å². The first-order chi connectivity index (χ1) is 16.5. The number of oxazole rings is 1. The molecule has 4 aromatic rings. The molecule has 0 bridgehead atoms. The van der Waals surface area contributed by atoms with Gasteiger partial charge in [-0.2, -0.15) is 0 Å². The van der Waals surface area contributed by atoms with Gasteiger partial charge in [-0.15, -0.1) is 0 Å². The van der Waals surface area contributed by atoms with Gasteiger partial charge in [-0.1, -0.05) is 0 Å². The van der Waals surface area contributed by atoms with Crippen molar-refractivity contribution in [1.29, 1.82) is 0 Å². The van der Waals surface area contributed by atoms with E-state index >= 15 is 0 Å². The first-order valence-electron chi connectivity index (χ1n) is 10.7. The second kappa shape index (κ2) is 8.46. The number of pyridine rings is 1. The summed E-state index contributed by atoms with van der Waals surface area (Å²) in [4.78, 5) is 44.0. The highest BCUT2D eigenvalue weighted by Gasteiger charge is 2.31. The second-order valence-electron chi connectivity index (χ2n) is 8.04. The zero-order valence-corrected chi connectivity index (χ0v) is 18.3. The Kier molecular flexibility index (Phi) is 5.32. The number of carbonyl (C=O) groups is 2. The molecule has 4 aromatic heterocycles. The van der Waals surface area contributed by atoms with Gasteiger partial charge in [0, 0.05) is 36.7 Å². The molecule has 0 spiro atoms. The van der Waals surface area contributed by atoms with E-state index in [4.69, 9.17) is 15.1 Å². The summed E-state index contributed by atoms with van der Waals surface area (Å²) in [6.07, 6.45) is 7.48. The summed E-state index contributed by atoms with van der Waals surface area (Å²) < 4.78 is 7.37. The molecule has 0 aromatic carbocycles. The average molecular weight is 462 g/mol. The number of hydrogen-bond acceptors (Lipinski definition) is 8. The summed E-state index contributed by atoms with van der Waals surface area (Å²) in [5.74, 6) is 0.373. The molecule has 2 amide bonds. The standard InChI is InChI=1S/C22H22N8O4/c1-13-9-25-16-5-4-14(10-30(13)16)17-18(21-24-6-8-34-21)26-19(23)20(27-17)28(12-31)11-15-3-2-7-29(15)22(32)33/h4-6,8-10,12,15H,2-3,7,11H2,1H3,(H2,23,26)(H,32,33)/t15-/m0/s1. The third-order valence-electron chi connectivity index (χ3n) is 5.93. The van der Waals surface area contributed by atoms with Crippen LogP contribution in [-0.2, 0) is 4.79 Å². The first kappa shape index (κ1) is 21.4. The van der Waals surface area contributed by atoms with Crippen molar-refractivity contribution < 1.29 is 19.1 Å². The van der Waals surface area contributed by atoms with E-state index in [2.05, 4.69) is 15.0 Å². The number of rotatable bonds is 6. The van der Waals surface area contributed by atoms with Crippen LogP contribution in [0.1, 0.15) is 18.5 Å². The number of nitrogen functional groups attached to an aromatic ring is 1. The van der Waals surface area contributed by atoms with Crippen LogP contribution in [0.3, 0.4) is 0 Å². The third kappa shape index (κ3) is 3.68. The van der Waals surface area contributed by atoms with Gasteiger partial charge >= 0.3 is 6.09 Å². The lowest BCUT2D eigenvalue weighted by Crippen LogP contribution is -2.43. The molecule has 1 atom stereocenters. The number of aryl methyl sites for hydroxylation is 1. The van der Waals surface area contributed by atoms with Gasteiger partial charge < -0.3 is 24.6 Å². The number of imidazole rings is 1. The Morgan fingerprint density at radius 1 is 1.32 bits per heavy atom. The van der Waals surface area contributed by atoms with Gasteiger partial charge in [0.1, 0.15) is 17.6 Å². The molecule has 12 heteroatoms. The lowest BCUT2D eigenvalue weighted by atomic mass is 10.1.